The maximum atomic E-state index is 11.4. The summed E-state index contributed by atoms with van der Waals surface area (Å²) in [7, 11) is 0. The van der Waals surface area contributed by atoms with Crippen LogP contribution in [0.5, 0.6) is 0 Å². The highest BCUT2D eigenvalue weighted by atomic mass is 32.2. The molecule has 1 aromatic rings. The van der Waals surface area contributed by atoms with Gasteiger partial charge in [0.1, 0.15) is 0 Å². The molecule has 0 radical (unpaired) electrons. The van der Waals surface area contributed by atoms with E-state index in [1.807, 2.05) is 19.9 Å². The first-order valence-corrected chi connectivity index (χ1v) is 8.09. The predicted molar refractivity (Wildman–Crippen MR) is 79.9 cm³/mol. The zero-order valence-corrected chi connectivity index (χ0v) is 13.1. The summed E-state index contributed by atoms with van der Waals surface area (Å²) in [5.74, 6) is -0.317. The fourth-order valence-electron chi connectivity index (χ4n) is 2.88. The van der Waals surface area contributed by atoms with Crippen LogP contribution in [0.2, 0.25) is 0 Å². The topological polar surface area (TPSA) is 63.1 Å². The molecule has 1 aliphatic rings. The number of thioether (sulfide) groups is 1. The smallest absolute Gasteiger partial charge is 0.307 e. The summed E-state index contributed by atoms with van der Waals surface area (Å²) in [6.07, 6.45) is 3.88. The summed E-state index contributed by atoms with van der Waals surface area (Å²) in [4.78, 5) is 20.3. The highest BCUT2D eigenvalue weighted by Crippen LogP contribution is 2.40. The summed E-state index contributed by atoms with van der Waals surface area (Å²) >= 11 is 1.55. The van der Waals surface area contributed by atoms with E-state index in [-0.39, 0.29) is 11.2 Å². The van der Waals surface area contributed by atoms with Gasteiger partial charge in [-0.3, -0.25) is 4.79 Å². The van der Waals surface area contributed by atoms with Gasteiger partial charge in [-0.15, -0.1) is 0 Å². The number of nitrogens with zero attached hydrogens (tertiary/aromatic N) is 2. The van der Waals surface area contributed by atoms with Crippen LogP contribution in [0.4, 0.5) is 0 Å². The number of aryl methyl sites for hydroxylation is 2. The fraction of sp³-hybridized carbons (Fsp3) is 0.667. The van der Waals surface area contributed by atoms with E-state index in [0.717, 1.165) is 42.2 Å². The van der Waals surface area contributed by atoms with Crippen LogP contribution in [0.25, 0.3) is 0 Å². The Morgan fingerprint density at radius 3 is 2.55 bits per heavy atom. The number of aromatic nitrogens is 2. The SMILES string of the molecule is CCC1CCC(C(=O)O)C(Sc2nc(C)cc(C)n2)C1. The van der Waals surface area contributed by atoms with Crippen LogP contribution < -0.4 is 0 Å². The fourth-order valence-corrected chi connectivity index (χ4v) is 4.33. The summed E-state index contributed by atoms with van der Waals surface area (Å²) < 4.78 is 0. The Morgan fingerprint density at radius 1 is 1.35 bits per heavy atom. The Balaban J connectivity index is 2.15. The number of aliphatic carboxylic acids is 1. The maximum absolute atomic E-state index is 11.4. The molecular weight excluding hydrogens is 272 g/mol. The lowest BCUT2D eigenvalue weighted by Crippen LogP contribution is -2.32. The second-order valence-corrected chi connectivity index (χ2v) is 6.83. The highest BCUT2D eigenvalue weighted by molar-refractivity contribution is 7.99. The molecule has 3 atom stereocenters. The molecule has 0 amide bonds. The van der Waals surface area contributed by atoms with E-state index < -0.39 is 5.97 Å². The molecule has 1 aromatic heterocycles. The molecule has 1 aliphatic carbocycles. The van der Waals surface area contributed by atoms with Crippen molar-refractivity contribution in [2.45, 2.75) is 56.9 Å². The second kappa shape index (κ2) is 6.57. The molecule has 2 rings (SSSR count). The van der Waals surface area contributed by atoms with Gasteiger partial charge in [-0.2, -0.15) is 0 Å². The van der Waals surface area contributed by atoms with Gasteiger partial charge in [0.05, 0.1) is 5.92 Å². The predicted octanol–water partition coefficient (Wildman–Crippen LogP) is 3.47. The van der Waals surface area contributed by atoms with Crippen molar-refractivity contribution in [3.8, 4) is 0 Å². The number of rotatable bonds is 4. The van der Waals surface area contributed by atoms with Crippen molar-refractivity contribution in [3.05, 3.63) is 17.5 Å². The number of carboxylic acid groups (broad SMARTS) is 1. The maximum Gasteiger partial charge on any atom is 0.307 e. The van der Waals surface area contributed by atoms with Crippen molar-refractivity contribution >= 4 is 17.7 Å². The summed E-state index contributed by atoms with van der Waals surface area (Å²) in [6.45, 7) is 6.08. The van der Waals surface area contributed by atoms with Crippen molar-refractivity contribution in [3.63, 3.8) is 0 Å². The van der Waals surface area contributed by atoms with E-state index in [2.05, 4.69) is 16.9 Å². The summed E-state index contributed by atoms with van der Waals surface area (Å²) in [5, 5.41) is 10.2. The third kappa shape index (κ3) is 3.72. The first kappa shape index (κ1) is 15.3. The van der Waals surface area contributed by atoms with Gasteiger partial charge in [0.25, 0.3) is 0 Å². The zero-order valence-electron chi connectivity index (χ0n) is 12.3. The minimum absolute atomic E-state index is 0.0902. The number of hydrogen-bond acceptors (Lipinski definition) is 4. The number of carbonyl (C=O) groups is 1. The summed E-state index contributed by atoms with van der Waals surface area (Å²) in [5.41, 5.74) is 1.88. The molecular formula is C15H22N2O2S. The minimum atomic E-state index is -0.679. The van der Waals surface area contributed by atoms with Gasteiger partial charge < -0.3 is 5.11 Å². The normalized spacial score (nSPS) is 26.4. The Kier molecular flexibility index (Phi) is 5.02. The number of carboxylic acids is 1. The van der Waals surface area contributed by atoms with Gasteiger partial charge in [0.15, 0.2) is 5.16 Å². The molecule has 4 nitrogen and oxygen atoms in total. The largest absolute Gasteiger partial charge is 0.481 e. The lowest BCUT2D eigenvalue weighted by atomic mass is 9.80. The minimum Gasteiger partial charge on any atom is -0.481 e. The second-order valence-electron chi connectivity index (χ2n) is 5.62. The van der Waals surface area contributed by atoms with Crippen LogP contribution in [0.1, 0.15) is 44.0 Å². The Bertz CT molecular complexity index is 473. The molecule has 0 spiro atoms. The molecule has 3 unspecified atom stereocenters. The highest BCUT2D eigenvalue weighted by Gasteiger charge is 2.35. The molecule has 5 heteroatoms. The van der Waals surface area contributed by atoms with Crippen LogP contribution in [0.15, 0.2) is 11.2 Å². The first-order chi connectivity index (χ1) is 9.49. The third-order valence-electron chi connectivity index (χ3n) is 4.01. The van der Waals surface area contributed by atoms with Gasteiger partial charge >= 0.3 is 5.97 Å². The van der Waals surface area contributed by atoms with E-state index in [0.29, 0.717) is 5.92 Å². The molecule has 1 heterocycles. The third-order valence-corrected chi connectivity index (χ3v) is 5.23. The molecule has 1 N–H and O–H groups in total. The summed E-state index contributed by atoms with van der Waals surface area (Å²) in [6, 6.07) is 1.94. The number of hydrogen-bond donors (Lipinski definition) is 1. The Labute approximate surface area is 124 Å². The van der Waals surface area contributed by atoms with Crippen molar-refractivity contribution in [2.24, 2.45) is 11.8 Å². The average molecular weight is 294 g/mol. The van der Waals surface area contributed by atoms with Gasteiger partial charge in [-0.1, -0.05) is 25.1 Å². The van der Waals surface area contributed by atoms with Crippen LogP contribution >= 0.6 is 11.8 Å². The Morgan fingerprint density at radius 2 is 2.00 bits per heavy atom. The average Bonchev–Trinajstić information content (AvgIpc) is 2.37. The molecule has 0 aromatic carbocycles. The molecule has 20 heavy (non-hydrogen) atoms. The molecule has 0 aliphatic heterocycles. The van der Waals surface area contributed by atoms with Crippen molar-refractivity contribution in [1.29, 1.82) is 0 Å². The van der Waals surface area contributed by atoms with Crippen LogP contribution in [-0.4, -0.2) is 26.3 Å². The molecule has 1 fully saturated rings. The Hall–Kier alpha value is -1.10. The lowest BCUT2D eigenvalue weighted by Gasteiger charge is -2.32. The van der Waals surface area contributed by atoms with E-state index >= 15 is 0 Å². The quantitative estimate of drug-likeness (QED) is 0.862. The monoisotopic (exact) mass is 294 g/mol. The molecule has 110 valence electrons. The first-order valence-electron chi connectivity index (χ1n) is 7.21. The van der Waals surface area contributed by atoms with Gasteiger partial charge in [-0.25, -0.2) is 9.97 Å². The van der Waals surface area contributed by atoms with E-state index in [1.165, 1.54) is 0 Å². The lowest BCUT2D eigenvalue weighted by molar-refractivity contribution is -0.142. The van der Waals surface area contributed by atoms with E-state index in [9.17, 15) is 9.90 Å². The van der Waals surface area contributed by atoms with Gasteiger partial charge in [-0.05, 0) is 45.1 Å². The standard InChI is InChI=1S/C15H22N2O2S/c1-4-11-5-6-12(14(18)19)13(8-11)20-15-16-9(2)7-10(3)17-15/h7,11-13H,4-6,8H2,1-3H3,(H,18,19). The zero-order chi connectivity index (χ0) is 14.7. The van der Waals surface area contributed by atoms with Crippen LogP contribution in [0.3, 0.4) is 0 Å². The molecule has 0 bridgehead atoms. The van der Waals surface area contributed by atoms with Crippen LogP contribution in [0, 0.1) is 25.7 Å². The van der Waals surface area contributed by atoms with E-state index in [4.69, 9.17) is 0 Å². The van der Waals surface area contributed by atoms with Gasteiger partial charge in [0, 0.05) is 16.6 Å². The van der Waals surface area contributed by atoms with Gasteiger partial charge in [0.2, 0.25) is 0 Å². The van der Waals surface area contributed by atoms with Crippen molar-refractivity contribution in [1.82, 2.24) is 9.97 Å². The van der Waals surface area contributed by atoms with Crippen molar-refractivity contribution in [2.75, 3.05) is 0 Å². The molecule has 0 saturated heterocycles. The van der Waals surface area contributed by atoms with Crippen molar-refractivity contribution < 1.29 is 9.90 Å². The van der Waals surface area contributed by atoms with E-state index in [1.54, 1.807) is 11.8 Å². The van der Waals surface area contributed by atoms with Crippen LogP contribution in [-0.2, 0) is 4.79 Å². The molecule has 1 saturated carbocycles.